The van der Waals surface area contributed by atoms with Crippen LogP contribution in [0.5, 0.6) is 0 Å². The Balaban J connectivity index is 1.77. The molecule has 1 aliphatic rings. The molecule has 1 saturated heterocycles. The van der Waals surface area contributed by atoms with Crippen molar-refractivity contribution in [3.8, 4) is 0 Å². The number of rotatable bonds is 4. The standard InChI is InChI=1S/C13H18N2O4/c1-15(2)13(17)11-6-5-9(19-11)8-14-12(16)10-4-3-7-18-10/h3-4,7,9,11H,5-6,8H2,1-2H3,(H,14,16). The largest absolute Gasteiger partial charge is 0.459 e. The molecule has 2 heterocycles. The zero-order valence-electron chi connectivity index (χ0n) is 11.1. The molecule has 0 bridgehead atoms. The molecule has 2 rings (SSSR count). The van der Waals surface area contributed by atoms with Gasteiger partial charge in [0.05, 0.1) is 12.4 Å². The summed E-state index contributed by atoms with van der Waals surface area (Å²) >= 11 is 0. The molecular weight excluding hydrogens is 248 g/mol. The van der Waals surface area contributed by atoms with Crippen LogP contribution in [0.1, 0.15) is 23.4 Å². The van der Waals surface area contributed by atoms with Crippen LogP contribution in [0.2, 0.25) is 0 Å². The number of hydrogen-bond acceptors (Lipinski definition) is 4. The number of amides is 2. The molecule has 19 heavy (non-hydrogen) atoms. The van der Waals surface area contributed by atoms with E-state index in [4.69, 9.17) is 9.15 Å². The van der Waals surface area contributed by atoms with Gasteiger partial charge in [-0.1, -0.05) is 0 Å². The van der Waals surface area contributed by atoms with Crippen molar-refractivity contribution in [2.45, 2.75) is 25.0 Å². The Morgan fingerprint density at radius 1 is 1.42 bits per heavy atom. The average Bonchev–Trinajstić information content (AvgIpc) is 3.06. The molecule has 2 atom stereocenters. The maximum Gasteiger partial charge on any atom is 0.287 e. The highest BCUT2D eigenvalue weighted by Gasteiger charge is 2.31. The van der Waals surface area contributed by atoms with Gasteiger partial charge >= 0.3 is 0 Å². The molecule has 0 aliphatic carbocycles. The molecule has 2 unspecified atom stereocenters. The Hall–Kier alpha value is -1.82. The highest BCUT2D eigenvalue weighted by Crippen LogP contribution is 2.20. The van der Waals surface area contributed by atoms with Crippen molar-refractivity contribution in [3.63, 3.8) is 0 Å². The minimum Gasteiger partial charge on any atom is -0.459 e. The Morgan fingerprint density at radius 2 is 2.21 bits per heavy atom. The summed E-state index contributed by atoms with van der Waals surface area (Å²) in [5.74, 6) is -0.0187. The van der Waals surface area contributed by atoms with Gasteiger partial charge in [-0.2, -0.15) is 0 Å². The van der Waals surface area contributed by atoms with Gasteiger partial charge in [0, 0.05) is 20.6 Å². The monoisotopic (exact) mass is 266 g/mol. The molecule has 1 N–H and O–H groups in total. The molecule has 2 amide bonds. The van der Waals surface area contributed by atoms with E-state index in [1.807, 2.05) is 0 Å². The van der Waals surface area contributed by atoms with E-state index in [-0.39, 0.29) is 29.8 Å². The first-order valence-electron chi connectivity index (χ1n) is 6.26. The molecule has 0 aromatic carbocycles. The zero-order chi connectivity index (χ0) is 13.8. The molecule has 1 aromatic rings. The van der Waals surface area contributed by atoms with Crippen LogP contribution >= 0.6 is 0 Å². The zero-order valence-corrected chi connectivity index (χ0v) is 11.1. The van der Waals surface area contributed by atoms with Gasteiger partial charge in [0.1, 0.15) is 6.10 Å². The van der Waals surface area contributed by atoms with Gasteiger partial charge < -0.3 is 19.4 Å². The van der Waals surface area contributed by atoms with E-state index < -0.39 is 0 Å². The third-order valence-corrected chi connectivity index (χ3v) is 3.06. The molecule has 0 radical (unpaired) electrons. The summed E-state index contributed by atoms with van der Waals surface area (Å²) in [4.78, 5) is 24.9. The van der Waals surface area contributed by atoms with Crippen molar-refractivity contribution in [1.29, 1.82) is 0 Å². The van der Waals surface area contributed by atoms with E-state index in [1.165, 1.54) is 11.2 Å². The third kappa shape index (κ3) is 3.35. The van der Waals surface area contributed by atoms with Crippen LogP contribution in [0, 0.1) is 0 Å². The Bertz CT molecular complexity index is 442. The topological polar surface area (TPSA) is 71.8 Å². The molecule has 0 spiro atoms. The second-order valence-electron chi connectivity index (χ2n) is 4.74. The summed E-state index contributed by atoms with van der Waals surface area (Å²) < 4.78 is 10.6. The van der Waals surface area contributed by atoms with Crippen LogP contribution in [-0.2, 0) is 9.53 Å². The SMILES string of the molecule is CN(C)C(=O)C1CCC(CNC(=O)c2ccco2)O1. The Labute approximate surface area is 111 Å². The summed E-state index contributed by atoms with van der Waals surface area (Å²) in [6.07, 6.45) is 2.40. The average molecular weight is 266 g/mol. The molecular formula is C13H18N2O4. The van der Waals surface area contributed by atoms with Crippen molar-refractivity contribution < 1.29 is 18.7 Å². The second kappa shape index (κ2) is 5.88. The molecule has 1 aromatic heterocycles. The van der Waals surface area contributed by atoms with Gasteiger partial charge in [-0.25, -0.2) is 0 Å². The summed E-state index contributed by atoms with van der Waals surface area (Å²) in [5.41, 5.74) is 0. The van der Waals surface area contributed by atoms with Crippen LogP contribution in [0.4, 0.5) is 0 Å². The smallest absolute Gasteiger partial charge is 0.287 e. The Kier molecular flexibility index (Phi) is 4.21. The molecule has 6 nitrogen and oxygen atoms in total. The number of likely N-dealkylation sites (N-methyl/N-ethyl adjacent to an activating group) is 1. The lowest BCUT2D eigenvalue weighted by molar-refractivity contribution is -0.140. The van der Waals surface area contributed by atoms with Crippen LogP contribution in [-0.4, -0.2) is 49.6 Å². The quantitative estimate of drug-likeness (QED) is 0.868. The fraction of sp³-hybridized carbons (Fsp3) is 0.538. The van der Waals surface area contributed by atoms with Gasteiger partial charge in [-0.3, -0.25) is 9.59 Å². The maximum absolute atomic E-state index is 11.7. The number of furan rings is 1. The second-order valence-corrected chi connectivity index (χ2v) is 4.74. The van der Waals surface area contributed by atoms with Gasteiger partial charge in [0.15, 0.2) is 5.76 Å². The van der Waals surface area contributed by atoms with Crippen LogP contribution in [0.3, 0.4) is 0 Å². The first-order valence-corrected chi connectivity index (χ1v) is 6.26. The minimum atomic E-state index is -0.388. The summed E-state index contributed by atoms with van der Waals surface area (Å²) in [6, 6.07) is 3.26. The van der Waals surface area contributed by atoms with E-state index in [9.17, 15) is 9.59 Å². The first kappa shape index (κ1) is 13.6. The highest BCUT2D eigenvalue weighted by atomic mass is 16.5. The first-order chi connectivity index (χ1) is 9.08. The maximum atomic E-state index is 11.7. The number of carbonyl (C=O) groups excluding carboxylic acids is 2. The third-order valence-electron chi connectivity index (χ3n) is 3.06. The lowest BCUT2D eigenvalue weighted by atomic mass is 10.2. The van der Waals surface area contributed by atoms with E-state index >= 15 is 0 Å². The predicted molar refractivity (Wildman–Crippen MR) is 67.6 cm³/mol. The van der Waals surface area contributed by atoms with Gasteiger partial charge in [0.25, 0.3) is 11.8 Å². The van der Waals surface area contributed by atoms with Crippen molar-refractivity contribution in [1.82, 2.24) is 10.2 Å². The lowest BCUT2D eigenvalue weighted by Gasteiger charge is -2.17. The number of hydrogen-bond donors (Lipinski definition) is 1. The van der Waals surface area contributed by atoms with Gasteiger partial charge in [-0.05, 0) is 25.0 Å². The van der Waals surface area contributed by atoms with Crippen LogP contribution in [0.15, 0.2) is 22.8 Å². The fourth-order valence-electron chi connectivity index (χ4n) is 2.03. The highest BCUT2D eigenvalue weighted by molar-refractivity contribution is 5.91. The van der Waals surface area contributed by atoms with Gasteiger partial charge in [-0.15, -0.1) is 0 Å². The molecule has 0 saturated carbocycles. The minimum absolute atomic E-state index is 0.0279. The molecule has 1 aliphatic heterocycles. The molecule has 6 heteroatoms. The van der Waals surface area contributed by atoms with E-state index in [0.29, 0.717) is 13.0 Å². The summed E-state index contributed by atoms with van der Waals surface area (Å²) in [5, 5.41) is 2.73. The van der Waals surface area contributed by atoms with Crippen molar-refractivity contribution in [3.05, 3.63) is 24.2 Å². The fourth-order valence-corrected chi connectivity index (χ4v) is 2.03. The predicted octanol–water partition coefficient (Wildman–Crippen LogP) is 0.645. The number of nitrogens with zero attached hydrogens (tertiary/aromatic N) is 1. The van der Waals surface area contributed by atoms with Crippen LogP contribution < -0.4 is 5.32 Å². The normalized spacial score (nSPS) is 22.2. The molecule has 1 fully saturated rings. The van der Waals surface area contributed by atoms with Crippen LogP contribution in [0.25, 0.3) is 0 Å². The number of nitrogens with one attached hydrogen (secondary N) is 1. The van der Waals surface area contributed by atoms with Gasteiger partial charge in [0.2, 0.25) is 0 Å². The lowest BCUT2D eigenvalue weighted by Crippen LogP contribution is -2.36. The summed E-state index contributed by atoms with van der Waals surface area (Å²) in [6.45, 7) is 0.386. The number of ether oxygens (including phenoxy) is 1. The van der Waals surface area contributed by atoms with E-state index in [1.54, 1.807) is 26.2 Å². The van der Waals surface area contributed by atoms with E-state index in [2.05, 4.69) is 5.32 Å². The van der Waals surface area contributed by atoms with Crippen molar-refractivity contribution in [2.75, 3.05) is 20.6 Å². The number of carbonyl (C=O) groups is 2. The van der Waals surface area contributed by atoms with E-state index in [0.717, 1.165) is 6.42 Å². The molecule has 104 valence electrons. The van der Waals surface area contributed by atoms with Crippen molar-refractivity contribution in [2.24, 2.45) is 0 Å². The van der Waals surface area contributed by atoms with Crippen molar-refractivity contribution >= 4 is 11.8 Å². The Morgan fingerprint density at radius 3 is 2.84 bits per heavy atom. The summed E-state index contributed by atoms with van der Waals surface area (Å²) in [7, 11) is 3.41.